The van der Waals surface area contributed by atoms with Crippen molar-refractivity contribution in [2.75, 3.05) is 11.9 Å². The summed E-state index contributed by atoms with van der Waals surface area (Å²) in [5.41, 5.74) is 1.34. The third-order valence-corrected chi connectivity index (χ3v) is 4.07. The SMILES string of the molecule is CC1NC(=O)C(C)N(C(=O)CNc2ccc(C#N)cc2)C1C. The van der Waals surface area contributed by atoms with Gasteiger partial charge in [0.15, 0.2) is 0 Å². The number of carbonyl (C=O) groups excluding carboxylic acids is 2. The molecule has 6 heteroatoms. The highest BCUT2D eigenvalue weighted by molar-refractivity contribution is 5.90. The van der Waals surface area contributed by atoms with E-state index in [1.54, 1.807) is 36.1 Å². The minimum absolute atomic E-state index is 0.0528. The van der Waals surface area contributed by atoms with Gasteiger partial charge in [-0.15, -0.1) is 0 Å². The molecule has 22 heavy (non-hydrogen) atoms. The second-order valence-corrected chi connectivity index (χ2v) is 5.56. The first-order valence-electron chi connectivity index (χ1n) is 7.29. The summed E-state index contributed by atoms with van der Waals surface area (Å²) in [5, 5.41) is 14.7. The van der Waals surface area contributed by atoms with Crippen molar-refractivity contribution in [3.05, 3.63) is 29.8 Å². The van der Waals surface area contributed by atoms with E-state index in [1.807, 2.05) is 19.9 Å². The number of amides is 2. The number of nitrogens with zero attached hydrogens (tertiary/aromatic N) is 2. The lowest BCUT2D eigenvalue weighted by Crippen LogP contribution is -2.64. The molecule has 1 aliphatic heterocycles. The van der Waals surface area contributed by atoms with Crippen LogP contribution in [0.4, 0.5) is 5.69 Å². The Labute approximate surface area is 130 Å². The molecule has 1 aromatic rings. The highest BCUT2D eigenvalue weighted by atomic mass is 16.2. The zero-order valence-corrected chi connectivity index (χ0v) is 13.0. The van der Waals surface area contributed by atoms with Gasteiger partial charge in [-0.05, 0) is 45.0 Å². The van der Waals surface area contributed by atoms with E-state index in [1.165, 1.54) is 0 Å². The summed E-state index contributed by atoms with van der Waals surface area (Å²) in [5.74, 6) is -0.247. The molecule has 3 atom stereocenters. The lowest BCUT2D eigenvalue weighted by Gasteiger charge is -2.42. The second kappa shape index (κ2) is 6.48. The van der Waals surface area contributed by atoms with E-state index in [2.05, 4.69) is 10.6 Å². The molecule has 1 saturated heterocycles. The lowest BCUT2D eigenvalue weighted by molar-refractivity contribution is -0.146. The van der Waals surface area contributed by atoms with Crippen molar-refractivity contribution in [3.8, 4) is 6.07 Å². The molecule has 0 aliphatic carbocycles. The molecule has 0 radical (unpaired) electrons. The molecular weight excluding hydrogens is 280 g/mol. The summed E-state index contributed by atoms with van der Waals surface area (Å²) >= 11 is 0. The summed E-state index contributed by atoms with van der Waals surface area (Å²) in [7, 11) is 0. The number of carbonyl (C=O) groups is 2. The van der Waals surface area contributed by atoms with E-state index < -0.39 is 6.04 Å². The van der Waals surface area contributed by atoms with Crippen LogP contribution in [-0.2, 0) is 9.59 Å². The first kappa shape index (κ1) is 15.8. The van der Waals surface area contributed by atoms with Gasteiger partial charge in [0.2, 0.25) is 11.8 Å². The number of anilines is 1. The van der Waals surface area contributed by atoms with Crippen LogP contribution in [0.25, 0.3) is 0 Å². The van der Waals surface area contributed by atoms with E-state index >= 15 is 0 Å². The van der Waals surface area contributed by atoms with Gasteiger partial charge in [-0.3, -0.25) is 9.59 Å². The van der Waals surface area contributed by atoms with Gasteiger partial charge in [0.05, 0.1) is 18.2 Å². The molecule has 1 aliphatic rings. The molecule has 0 bridgehead atoms. The minimum atomic E-state index is -0.471. The van der Waals surface area contributed by atoms with Crippen LogP contribution in [0, 0.1) is 11.3 Å². The minimum Gasteiger partial charge on any atom is -0.376 e. The Morgan fingerprint density at radius 3 is 2.55 bits per heavy atom. The van der Waals surface area contributed by atoms with Crippen molar-refractivity contribution < 1.29 is 9.59 Å². The van der Waals surface area contributed by atoms with Crippen LogP contribution < -0.4 is 10.6 Å². The third-order valence-electron chi connectivity index (χ3n) is 4.07. The first-order chi connectivity index (χ1) is 10.4. The smallest absolute Gasteiger partial charge is 0.242 e. The molecule has 2 rings (SSSR count). The van der Waals surface area contributed by atoms with Gasteiger partial charge in [-0.25, -0.2) is 0 Å². The largest absolute Gasteiger partial charge is 0.376 e. The number of nitriles is 1. The Kier molecular flexibility index (Phi) is 4.66. The zero-order valence-electron chi connectivity index (χ0n) is 13.0. The van der Waals surface area contributed by atoms with Crippen LogP contribution in [0.5, 0.6) is 0 Å². The normalized spacial score (nSPS) is 24.4. The van der Waals surface area contributed by atoms with Gasteiger partial charge in [0.25, 0.3) is 0 Å². The molecule has 1 heterocycles. The molecule has 6 nitrogen and oxygen atoms in total. The highest BCUT2D eigenvalue weighted by Crippen LogP contribution is 2.16. The topological polar surface area (TPSA) is 85.2 Å². The van der Waals surface area contributed by atoms with E-state index in [4.69, 9.17) is 5.26 Å². The first-order valence-corrected chi connectivity index (χ1v) is 7.29. The molecular formula is C16H20N4O2. The van der Waals surface area contributed by atoms with Crippen LogP contribution in [0.1, 0.15) is 26.3 Å². The van der Waals surface area contributed by atoms with Gasteiger partial charge in [0.1, 0.15) is 6.04 Å². The average Bonchev–Trinajstić information content (AvgIpc) is 2.51. The summed E-state index contributed by atoms with van der Waals surface area (Å²) in [4.78, 5) is 25.9. The quantitative estimate of drug-likeness (QED) is 0.875. The maximum absolute atomic E-state index is 12.4. The van der Waals surface area contributed by atoms with E-state index in [9.17, 15) is 9.59 Å². The number of hydrogen-bond acceptors (Lipinski definition) is 4. The third kappa shape index (κ3) is 3.19. The molecule has 1 aromatic carbocycles. The van der Waals surface area contributed by atoms with Gasteiger partial charge in [-0.1, -0.05) is 0 Å². The molecule has 2 amide bonds. The highest BCUT2D eigenvalue weighted by Gasteiger charge is 2.37. The number of piperazine rings is 1. The Morgan fingerprint density at radius 2 is 1.95 bits per heavy atom. The van der Waals surface area contributed by atoms with Crippen LogP contribution in [0.2, 0.25) is 0 Å². The van der Waals surface area contributed by atoms with E-state index in [0.29, 0.717) is 5.56 Å². The Bertz CT molecular complexity index is 606. The molecule has 0 saturated carbocycles. The Balaban J connectivity index is 2.01. The second-order valence-electron chi connectivity index (χ2n) is 5.56. The van der Waals surface area contributed by atoms with Crippen LogP contribution >= 0.6 is 0 Å². The molecule has 116 valence electrons. The van der Waals surface area contributed by atoms with Crippen molar-refractivity contribution in [1.29, 1.82) is 5.26 Å². The maximum Gasteiger partial charge on any atom is 0.242 e. The number of benzene rings is 1. The molecule has 3 unspecified atom stereocenters. The molecule has 0 spiro atoms. The van der Waals surface area contributed by atoms with Gasteiger partial charge < -0.3 is 15.5 Å². The van der Waals surface area contributed by atoms with Crippen molar-refractivity contribution in [3.63, 3.8) is 0 Å². The standard InChI is InChI=1S/C16H20N4O2/c1-10-11(2)20(12(3)16(22)19-10)15(21)9-18-14-6-4-13(8-17)5-7-14/h4-7,10-12,18H,9H2,1-3H3,(H,19,22). The van der Waals surface area contributed by atoms with Gasteiger partial charge in [-0.2, -0.15) is 5.26 Å². The maximum atomic E-state index is 12.4. The average molecular weight is 300 g/mol. The van der Waals surface area contributed by atoms with Crippen LogP contribution in [0.15, 0.2) is 24.3 Å². The fraction of sp³-hybridized carbons (Fsp3) is 0.438. The van der Waals surface area contributed by atoms with Crippen LogP contribution in [0.3, 0.4) is 0 Å². The predicted octanol–water partition coefficient (Wildman–Crippen LogP) is 1.09. The van der Waals surface area contributed by atoms with Crippen molar-refractivity contribution in [2.45, 2.75) is 38.9 Å². The molecule has 1 fully saturated rings. The fourth-order valence-corrected chi connectivity index (χ4v) is 2.56. The van der Waals surface area contributed by atoms with E-state index in [-0.39, 0.29) is 30.4 Å². The summed E-state index contributed by atoms with van der Waals surface area (Å²) < 4.78 is 0. The predicted molar refractivity (Wildman–Crippen MR) is 83.0 cm³/mol. The number of rotatable bonds is 3. The molecule has 2 N–H and O–H groups in total. The lowest BCUT2D eigenvalue weighted by atomic mass is 10.0. The van der Waals surface area contributed by atoms with Gasteiger partial charge >= 0.3 is 0 Å². The monoisotopic (exact) mass is 300 g/mol. The summed E-state index contributed by atoms with van der Waals surface area (Å²) in [6, 6.07) is 8.34. The Morgan fingerprint density at radius 1 is 1.32 bits per heavy atom. The van der Waals surface area contributed by atoms with E-state index in [0.717, 1.165) is 5.69 Å². The van der Waals surface area contributed by atoms with Crippen molar-refractivity contribution in [1.82, 2.24) is 10.2 Å². The number of nitrogens with one attached hydrogen (secondary N) is 2. The van der Waals surface area contributed by atoms with Crippen LogP contribution in [-0.4, -0.2) is 41.4 Å². The number of hydrogen-bond donors (Lipinski definition) is 2. The zero-order chi connectivity index (χ0) is 16.3. The van der Waals surface area contributed by atoms with Crippen molar-refractivity contribution >= 4 is 17.5 Å². The van der Waals surface area contributed by atoms with Gasteiger partial charge in [0, 0.05) is 17.8 Å². The summed E-state index contributed by atoms with van der Waals surface area (Å²) in [6.45, 7) is 5.67. The Hall–Kier alpha value is -2.55. The fourth-order valence-electron chi connectivity index (χ4n) is 2.56. The molecule has 0 aromatic heterocycles. The summed E-state index contributed by atoms with van der Waals surface area (Å²) in [6.07, 6.45) is 0. The van der Waals surface area contributed by atoms with Crippen molar-refractivity contribution in [2.24, 2.45) is 0 Å².